The Bertz CT molecular complexity index is 575. The van der Waals surface area contributed by atoms with Crippen LogP contribution in [-0.2, 0) is 7.05 Å². The molecule has 0 saturated carbocycles. The van der Waals surface area contributed by atoms with Crippen LogP contribution in [-0.4, -0.2) is 15.7 Å². The van der Waals surface area contributed by atoms with Gasteiger partial charge in [-0.05, 0) is 28.9 Å². The van der Waals surface area contributed by atoms with Gasteiger partial charge in [0.25, 0.3) is 5.91 Å². The number of carbonyl (C=O) groups excluding carboxylic acids is 1. The lowest BCUT2D eigenvalue weighted by Gasteiger charge is -2.04. The lowest BCUT2D eigenvalue weighted by molar-refractivity contribution is 0.102. The lowest BCUT2D eigenvalue weighted by Crippen LogP contribution is -2.14. The first-order valence-corrected chi connectivity index (χ1v) is 6.50. The molecule has 2 rings (SSSR count). The molecular formula is C10H11BrN4OS. The smallest absolute Gasteiger partial charge is 0.257 e. The maximum absolute atomic E-state index is 11.9. The number of nitrogens with two attached hydrogens (primary N) is 1. The van der Waals surface area contributed by atoms with Crippen LogP contribution in [0.2, 0.25) is 0 Å². The van der Waals surface area contributed by atoms with Gasteiger partial charge in [-0.25, -0.2) is 0 Å². The van der Waals surface area contributed by atoms with E-state index < -0.39 is 0 Å². The first-order chi connectivity index (χ1) is 7.99. The number of hydrogen-bond donors (Lipinski definition) is 2. The van der Waals surface area contributed by atoms with E-state index in [4.69, 9.17) is 5.73 Å². The van der Waals surface area contributed by atoms with Crippen LogP contribution < -0.4 is 11.1 Å². The predicted octanol–water partition coefficient (Wildman–Crippen LogP) is 2.39. The van der Waals surface area contributed by atoms with Crippen LogP contribution in [0.1, 0.15) is 16.1 Å². The van der Waals surface area contributed by atoms with Crippen molar-refractivity contribution in [2.24, 2.45) is 7.05 Å². The zero-order valence-electron chi connectivity index (χ0n) is 9.32. The Labute approximate surface area is 111 Å². The van der Waals surface area contributed by atoms with Crippen molar-refractivity contribution >= 4 is 44.7 Å². The highest BCUT2D eigenvalue weighted by molar-refractivity contribution is 9.11. The summed E-state index contributed by atoms with van der Waals surface area (Å²) in [5.41, 5.74) is 7.63. The Kier molecular flexibility index (Phi) is 3.21. The van der Waals surface area contributed by atoms with E-state index in [1.54, 1.807) is 30.1 Å². The van der Waals surface area contributed by atoms with Crippen molar-refractivity contribution in [3.8, 4) is 0 Å². The van der Waals surface area contributed by atoms with Gasteiger partial charge >= 0.3 is 0 Å². The van der Waals surface area contributed by atoms with Gasteiger partial charge in [0, 0.05) is 12.4 Å². The zero-order valence-corrected chi connectivity index (χ0v) is 11.7. The molecule has 0 unspecified atom stereocenters. The van der Waals surface area contributed by atoms with Crippen LogP contribution in [0.25, 0.3) is 0 Å². The number of carbonyl (C=O) groups is 1. The normalized spacial score (nSPS) is 10.5. The summed E-state index contributed by atoms with van der Waals surface area (Å²) in [6.07, 6.45) is 0. The topological polar surface area (TPSA) is 72.9 Å². The minimum atomic E-state index is -0.193. The highest BCUT2D eigenvalue weighted by atomic mass is 79.9. The van der Waals surface area contributed by atoms with Crippen LogP contribution in [0.3, 0.4) is 0 Å². The number of rotatable bonds is 2. The van der Waals surface area contributed by atoms with Crippen LogP contribution in [0.15, 0.2) is 15.2 Å². The van der Waals surface area contributed by atoms with Gasteiger partial charge < -0.3 is 11.1 Å². The highest BCUT2D eigenvalue weighted by Crippen LogP contribution is 2.24. The Hall–Kier alpha value is -1.34. The van der Waals surface area contributed by atoms with Crippen molar-refractivity contribution in [3.05, 3.63) is 26.5 Å². The van der Waals surface area contributed by atoms with E-state index in [2.05, 4.69) is 26.3 Å². The Morgan fingerprint density at radius 2 is 2.35 bits per heavy atom. The van der Waals surface area contributed by atoms with Crippen molar-refractivity contribution in [3.63, 3.8) is 0 Å². The predicted molar refractivity (Wildman–Crippen MR) is 72.3 cm³/mol. The number of aryl methyl sites for hydroxylation is 2. The van der Waals surface area contributed by atoms with Gasteiger partial charge in [-0.15, -0.1) is 11.3 Å². The van der Waals surface area contributed by atoms with Gasteiger partial charge in [0.2, 0.25) is 0 Å². The van der Waals surface area contributed by atoms with Crippen molar-refractivity contribution in [2.45, 2.75) is 6.92 Å². The summed E-state index contributed by atoms with van der Waals surface area (Å²) in [5.74, 6) is 0.330. The molecule has 1 amide bonds. The number of aromatic nitrogens is 2. The minimum Gasteiger partial charge on any atom is -0.394 e. The summed E-state index contributed by atoms with van der Waals surface area (Å²) >= 11 is 4.77. The largest absolute Gasteiger partial charge is 0.394 e. The maximum Gasteiger partial charge on any atom is 0.257 e. The number of amides is 1. The monoisotopic (exact) mass is 314 g/mol. The van der Waals surface area contributed by atoms with Crippen LogP contribution >= 0.6 is 27.3 Å². The molecule has 0 saturated heterocycles. The van der Waals surface area contributed by atoms with E-state index >= 15 is 0 Å². The number of nitrogens with zero attached hydrogens (tertiary/aromatic N) is 2. The molecule has 0 aliphatic rings. The van der Waals surface area contributed by atoms with E-state index in [1.807, 2.05) is 0 Å². The number of hydrogen-bond acceptors (Lipinski definition) is 4. The fourth-order valence-corrected chi connectivity index (χ4v) is 2.57. The molecule has 7 heteroatoms. The zero-order chi connectivity index (χ0) is 12.6. The molecule has 2 aromatic rings. The number of thiophene rings is 1. The molecule has 0 fully saturated rings. The molecular weight excluding hydrogens is 304 g/mol. The van der Waals surface area contributed by atoms with Gasteiger partial charge in [0.15, 0.2) is 5.82 Å². The second-order valence-electron chi connectivity index (χ2n) is 3.56. The molecule has 0 bridgehead atoms. The van der Waals surface area contributed by atoms with Crippen molar-refractivity contribution < 1.29 is 4.79 Å². The number of halogens is 1. The van der Waals surface area contributed by atoms with Gasteiger partial charge in [0.1, 0.15) is 0 Å². The average molecular weight is 315 g/mol. The van der Waals surface area contributed by atoms with E-state index in [9.17, 15) is 4.79 Å². The Balaban J connectivity index is 2.24. The van der Waals surface area contributed by atoms with Crippen molar-refractivity contribution in [2.75, 3.05) is 11.1 Å². The first kappa shape index (κ1) is 12.1. The molecule has 17 heavy (non-hydrogen) atoms. The first-order valence-electron chi connectivity index (χ1n) is 4.83. The molecule has 2 heterocycles. The maximum atomic E-state index is 11.9. The van der Waals surface area contributed by atoms with Gasteiger partial charge in [0.05, 0.1) is 20.7 Å². The van der Waals surface area contributed by atoms with Crippen LogP contribution in [0, 0.1) is 6.92 Å². The Morgan fingerprint density at radius 3 is 2.82 bits per heavy atom. The fraction of sp³-hybridized carbons (Fsp3) is 0.200. The third-order valence-corrected chi connectivity index (χ3v) is 3.83. The van der Waals surface area contributed by atoms with E-state index in [-0.39, 0.29) is 5.91 Å². The number of anilines is 2. The van der Waals surface area contributed by atoms with Gasteiger partial charge in [-0.3, -0.25) is 9.48 Å². The number of nitrogens with one attached hydrogen (secondary N) is 1. The molecule has 0 radical (unpaired) electrons. The third-order valence-electron chi connectivity index (χ3n) is 2.33. The SMILES string of the molecule is Cc1nn(C)c(NC(=O)c2csc(Br)c2)c1N. The fourth-order valence-electron chi connectivity index (χ4n) is 1.43. The lowest BCUT2D eigenvalue weighted by atomic mass is 10.3. The molecule has 0 spiro atoms. The van der Waals surface area contributed by atoms with Crippen LogP contribution in [0.5, 0.6) is 0 Å². The van der Waals surface area contributed by atoms with Gasteiger partial charge in [-0.2, -0.15) is 5.10 Å². The van der Waals surface area contributed by atoms with E-state index in [0.717, 1.165) is 3.79 Å². The molecule has 0 aliphatic carbocycles. The second-order valence-corrected chi connectivity index (χ2v) is 5.86. The summed E-state index contributed by atoms with van der Waals surface area (Å²) in [6, 6.07) is 1.76. The number of nitrogen functional groups attached to an aromatic ring is 1. The standard InChI is InChI=1S/C10H11BrN4OS/c1-5-8(12)9(15(2)14-5)13-10(16)6-3-7(11)17-4-6/h3-4H,12H2,1-2H3,(H,13,16). The summed E-state index contributed by atoms with van der Waals surface area (Å²) in [6.45, 7) is 1.80. The summed E-state index contributed by atoms with van der Waals surface area (Å²) in [7, 11) is 1.74. The summed E-state index contributed by atoms with van der Waals surface area (Å²) < 4.78 is 2.47. The van der Waals surface area contributed by atoms with Gasteiger partial charge in [-0.1, -0.05) is 0 Å². The van der Waals surface area contributed by atoms with E-state index in [1.165, 1.54) is 11.3 Å². The van der Waals surface area contributed by atoms with Crippen molar-refractivity contribution in [1.82, 2.24) is 9.78 Å². The molecule has 0 aliphatic heterocycles. The van der Waals surface area contributed by atoms with E-state index in [0.29, 0.717) is 22.8 Å². The molecule has 90 valence electrons. The summed E-state index contributed by atoms with van der Waals surface area (Å²) in [5, 5.41) is 8.66. The third kappa shape index (κ3) is 2.34. The molecule has 0 atom stereocenters. The minimum absolute atomic E-state index is 0.193. The Morgan fingerprint density at radius 1 is 1.65 bits per heavy atom. The second kappa shape index (κ2) is 4.50. The summed E-state index contributed by atoms with van der Waals surface area (Å²) in [4.78, 5) is 11.9. The van der Waals surface area contributed by atoms with Crippen LogP contribution in [0.4, 0.5) is 11.5 Å². The quantitative estimate of drug-likeness (QED) is 0.894. The molecule has 2 aromatic heterocycles. The average Bonchev–Trinajstić information content (AvgIpc) is 2.79. The molecule has 5 nitrogen and oxygen atoms in total. The highest BCUT2D eigenvalue weighted by Gasteiger charge is 2.14. The molecule has 3 N–H and O–H groups in total. The van der Waals surface area contributed by atoms with Crippen molar-refractivity contribution in [1.29, 1.82) is 0 Å². The molecule has 0 aromatic carbocycles.